The monoisotopic (exact) mass is 233 g/mol. The van der Waals surface area contributed by atoms with Gasteiger partial charge in [-0.3, -0.25) is 0 Å². The first-order chi connectivity index (χ1) is 8.26. The summed E-state index contributed by atoms with van der Waals surface area (Å²) >= 11 is 0. The second kappa shape index (κ2) is 7.64. The minimum atomic E-state index is 0.631. The number of pyridine rings is 1. The average Bonchev–Trinajstić information content (AvgIpc) is 2.33. The lowest BCUT2D eigenvalue weighted by molar-refractivity contribution is 0.141. The summed E-state index contributed by atoms with van der Waals surface area (Å²) in [4.78, 5) is 4.30. The number of unbranched alkanes of at least 4 members (excludes halogenated alkanes) is 1. The highest BCUT2D eigenvalue weighted by Gasteiger charge is 1.98. The second-order valence-corrected chi connectivity index (χ2v) is 3.89. The van der Waals surface area contributed by atoms with Crippen molar-refractivity contribution in [2.24, 2.45) is 0 Å². The summed E-state index contributed by atoms with van der Waals surface area (Å²) < 4.78 is 5.43. The van der Waals surface area contributed by atoms with Gasteiger partial charge in [0.1, 0.15) is 5.82 Å². The van der Waals surface area contributed by atoms with E-state index in [4.69, 9.17) is 10.00 Å². The van der Waals surface area contributed by atoms with E-state index in [2.05, 4.69) is 23.3 Å². The molecule has 0 atom stereocenters. The topological polar surface area (TPSA) is 57.9 Å². The van der Waals surface area contributed by atoms with E-state index in [1.807, 2.05) is 6.92 Å². The summed E-state index contributed by atoms with van der Waals surface area (Å²) in [5.41, 5.74) is 1.48. The molecule has 0 bridgehead atoms. The molecule has 1 N–H and O–H groups in total. The third kappa shape index (κ3) is 5.32. The largest absolute Gasteiger partial charge is 0.380 e. The number of aromatic nitrogens is 1. The molecule has 0 aromatic carbocycles. The Bertz CT molecular complexity index is 385. The third-order valence-corrected chi connectivity index (χ3v) is 2.28. The van der Waals surface area contributed by atoms with Crippen LogP contribution >= 0.6 is 0 Å². The lowest BCUT2D eigenvalue weighted by atomic mass is 10.2. The Hall–Kier alpha value is -1.60. The second-order valence-electron chi connectivity index (χ2n) is 3.89. The first-order valence-corrected chi connectivity index (χ1v) is 5.96. The van der Waals surface area contributed by atoms with Crippen LogP contribution in [0.3, 0.4) is 0 Å². The van der Waals surface area contributed by atoms with E-state index in [0.717, 1.165) is 31.0 Å². The maximum Gasteiger partial charge on any atom is 0.127 e. The van der Waals surface area contributed by atoms with Crippen LogP contribution in [0.4, 0.5) is 5.82 Å². The van der Waals surface area contributed by atoms with Crippen molar-refractivity contribution in [2.45, 2.75) is 26.7 Å². The van der Waals surface area contributed by atoms with Gasteiger partial charge in [0.25, 0.3) is 0 Å². The molecule has 1 aromatic rings. The zero-order valence-corrected chi connectivity index (χ0v) is 10.5. The third-order valence-electron chi connectivity index (χ3n) is 2.28. The Morgan fingerprint density at radius 2 is 2.24 bits per heavy atom. The summed E-state index contributed by atoms with van der Waals surface area (Å²) in [6.07, 6.45) is 2.25. The van der Waals surface area contributed by atoms with Crippen LogP contribution in [0.25, 0.3) is 0 Å². The number of nitrogens with zero attached hydrogens (tertiary/aromatic N) is 2. The van der Waals surface area contributed by atoms with Crippen LogP contribution in [0.2, 0.25) is 0 Å². The van der Waals surface area contributed by atoms with Crippen LogP contribution in [-0.2, 0) is 4.74 Å². The van der Waals surface area contributed by atoms with E-state index in [1.165, 1.54) is 0 Å². The number of aryl methyl sites for hydroxylation is 1. The highest BCUT2D eigenvalue weighted by molar-refractivity contribution is 5.44. The Kier molecular flexibility index (Phi) is 6.05. The lowest BCUT2D eigenvalue weighted by Crippen LogP contribution is -2.11. The van der Waals surface area contributed by atoms with Crippen molar-refractivity contribution in [1.29, 1.82) is 5.26 Å². The minimum absolute atomic E-state index is 0.631. The Morgan fingerprint density at radius 1 is 1.41 bits per heavy atom. The molecule has 0 aliphatic heterocycles. The van der Waals surface area contributed by atoms with E-state index in [1.54, 1.807) is 12.1 Å². The van der Waals surface area contributed by atoms with Crippen molar-refractivity contribution in [3.8, 4) is 6.07 Å². The van der Waals surface area contributed by atoms with Crippen LogP contribution in [0.5, 0.6) is 0 Å². The average molecular weight is 233 g/mol. The van der Waals surface area contributed by atoms with Gasteiger partial charge in [-0.25, -0.2) is 4.98 Å². The molecule has 0 spiro atoms. The fourth-order valence-corrected chi connectivity index (χ4v) is 1.42. The summed E-state index contributed by atoms with van der Waals surface area (Å²) in [6.45, 7) is 6.21. The fraction of sp³-hybridized carbons (Fsp3) is 0.538. The smallest absolute Gasteiger partial charge is 0.127 e. The molecule has 0 fully saturated rings. The van der Waals surface area contributed by atoms with Gasteiger partial charge in [-0.05, 0) is 25.5 Å². The van der Waals surface area contributed by atoms with Crippen molar-refractivity contribution in [1.82, 2.24) is 4.98 Å². The van der Waals surface area contributed by atoms with Crippen LogP contribution in [0.15, 0.2) is 12.1 Å². The maximum absolute atomic E-state index is 8.82. The summed E-state index contributed by atoms with van der Waals surface area (Å²) in [5.74, 6) is 0.737. The summed E-state index contributed by atoms with van der Waals surface area (Å²) in [7, 11) is 0. The van der Waals surface area contributed by atoms with Crippen molar-refractivity contribution in [3.63, 3.8) is 0 Å². The fourth-order valence-electron chi connectivity index (χ4n) is 1.42. The normalized spacial score (nSPS) is 9.94. The van der Waals surface area contributed by atoms with Gasteiger partial charge in [-0.2, -0.15) is 5.26 Å². The number of nitriles is 1. The van der Waals surface area contributed by atoms with Gasteiger partial charge in [0.15, 0.2) is 0 Å². The van der Waals surface area contributed by atoms with Crippen LogP contribution in [0, 0.1) is 18.3 Å². The first kappa shape index (κ1) is 13.5. The minimum Gasteiger partial charge on any atom is -0.380 e. The molecule has 0 radical (unpaired) electrons. The number of hydrogen-bond donors (Lipinski definition) is 1. The van der Waals surface area contributed by atoms with Gasteiger partial charge in [0.05, 0.1) is 18.2 Å². The first-order valence-electron chi connectivity index (χ1n) is 5.96. The van der Waals surface area contributed by atoms with E-state index in [0.29, 0.717) is 18.7 Å². The van der Waals surface area contributed by atoms with Crippen molar-refractivity contribution < 1.29 is 4.74 Å². The molecule has 4 heteroatoms. The molecule has 0 saturated heterocycles. The van der Waals surface area contributed by atoms with Crippen LogP contribution in [0.1, 0.15) is 31.0 Å². The lowest BCUT2D eigenvalue weighted by Gasteiger charge is -2.07. The van der Waals surface area contributed by atoms with E-state index in [9.17, 15) is 0 Å². The molecule has 1 rings (SSSR count). The van der Waals surface area contributed by atoms with Gasteiger partial charge < -0.3 is 10.1 Å². The molecule has 1 heterocycles. The Balaban J connectivity index is 2.32. The van der Waals surface area contributed by atoms with E-state index < -0.39 is 0 Å². The molecule has 0 saturated carbocycles. The zero-order chi connectivity index (χ0) is 12.5. The molecule has 0 unspecified atom stereocenters. The Morgan fingerprint density at radius 3 is 2.94 bits per heavy atom. The predicted molar refractivity (Wildman–Crippen MR) is 67.9 cm³/mol. The highest BCUT2D eigenvalue weighted by Crippen LogP contribution is 2.08. The van der Waals surface area contributed by atoms with Crippen LogP contribution < -0.4 is 5.32 Å². The number of hydrogen-bond acceptors (Lipinski definition) is 4. The van der Waals surface area contributed by atoms with Crippen LogP contribution in [-0.4, -0.2) is 24.7 Å². The van der Waals surface area contributed by atoms with Gasteiger partial charge in [0, 0.05) is 18.8 Å². The van der Waals surface area contributed by atoms with E-state index in [-0.39, 0.29) is 0 Å². The molecular weight excluding hydrogens is 214 g/mol. The number of rotatable bonds is 7. The van der Waals surface area contributed by atoms with Crippen molar-refractivity contribution >= 4 is 5.82 Å². The standard InChI is InChI=1S/C13H19N3O/c1-3-4-6-17-7-5-15-13-9-12(10-14)8-11(2)16-13/h8-9H,3-7H2,1-2H3,(H,15,16). The van der Waals surface area contributed by atoms with Gasteiger partial charge in [-0.15, -0.1) is 0 Å². The molecular formula is C13H19N3O. The van der Waals surface area contributed by atoms with Crippen molar-refractivity contribution in [2.75, 3.05) is 25.1 Å². The van der Waals surface area contributed by atoms with Gasteiger partial charge in [0.2, 0.25) is 0 Å². The maximum atomic E-state index is 8.82. The quantitative estimate of drug-likeness (QED) is 0.735. The number of ether oxygens (including phenoxy) is 1. The molecule has 4 nitrogen and oxygen atoms in total. The molecule has 1 aromatic heterocycles. The molecule has 92 valence electrons. The van der Waals surface area contributed by atoms with Gasteiger partial charge >= 0.3 is 0 Å². The van der Waals surface area contributed by atoms with Gasteiger partial charge in [-0.1, -0.05) is 13.3 Å². The molecule has 0 aliphatic carbocycles. The summed E-state index contributed by atoms with van der Waals surface area (Å²) in [6, 6.07) is 5.63. The SMILES string of the molecule is CCCCOCCNc1cc(C#N)cc(C)n1. The zero-order valence-electron chi connectivity index (χ0n) is 10.5. The highest BCUT2D eigenvalue weighted by atomic mass is 16.5. The molecule has 0 amide bonds. The van der Waals surface area contributed by atoms with Crippen molar-refractivity contribution in [3.05, 3.63) is 23.4 Å². The number of nitrogens with one attached hydrogen (secondary N) is 1. The Labute approximate surface area is 103 Å². The predicted octanol–water partition coefficient (Wildman–Crippen LogP) is 2.49. The number of anilines is 1. The molecule has 17 heavy (non-hydrogen) atoms. The molecule has 0 aliphatic rings. The summed E-state index contributed by atoms with van der Waals surface area (Å²) in [5, 5.41) is 12.0. The van der Waals surface area contributed by atoms with E-state index >= 15 is 0 Å².